The maximum Gasteiger partial charge on any atom is 0.269 e. The second-order valence-corrected chi connectivity index (χ2v) is 8.78. The van der Waals surface area contributed by atoms with Crippen molar-refractivity contribution >= 4 is 23.4 Å². The van der Waals surface area contributed by atoms with E-state index >= 15 is 0 Å². The summed E-state index contributed by atoms with van der Waals surface area (Å²) in [6.07, 6.45) is 0. The van der Waals surface area contributed by atoms with E-state index in [4.69, 9.17) is 0 Å². The minimum atomic E-state index is -0.627. The first-order valence-corrected chi connectivity index (χ1v) is 11.8. The fourth-order valence-electron chi connectivity index (χ4n) is 3.52. The molecule has 0 spiro atoms. The average Bonchev–Trinajstić information content (AvgIpc) is 3.28. The Balaban J connectivity index is 1.66. The van der Waals surface area contributed by atoms with Crippen LogP contribution < -0.4 is 5.32 Å². The quantitative estimate of drug-likeness (QED) is 0.201. The number of non-ortho nitro benzene ring substituents is 1. The molecule has 0 radical (unpaired) electrons. The van der Waals surface area contributed by atoms with Gasteiger partial charge < -0.3 is 5.32 Å². The number of nitrogens with zero attached hydrogens (tertiary/aromatic N) is 4. The van der Waals surface area contributed by atoms with Crippen molar-refractivity contribution in [3.63, 3.8) is 0 Å². The first kappa shape index (κ1) is 24.1. The smallest absolute Gasteiger partial charge is 0.269 e. The molecule has 0 saturated heterocycles. The van der Waals surface area contributed by atoms with Gasteiger partial charge in [-0.15, -0.1) is 10.2 Å². The average molecular weight is 492 g/mol. The highest BCUT2D eigenvalue weighted by Crippen LogP contribution is 2.29. The van der Waals surface area contributed by atoms with Gasteiger partial charge in [-0.25, -0.2) is 4.39 Å². The Morgan fingerprint density at radius 3 is 2.46 bits per heavy atom. The fourth-order valence-corrected chi connectivity index (χ4v) is 4.55. The third-order valence-electron chi connectivity index (χ3n) is 5.45. The SMILES string of the molecule is Cc1ccccc1CSc1nnc(C(C)NC(=O)c2ccccc2F)n1-c1ccc([N+](=O)[O-])cc1. The predicted octanol–water partition coefficient (Wildman–Crippen LogP) is 5.41. The van der Waals surface area contributed by atoms with Crippen LogP contribution in [0.15, 0.2) is 78.0 Å². The van der Waals surface area contributed by atoms with Crippen molar-refractivity contribution in [2.75, 3.05) is 0 Å². The van der Waals surface area contributed by atoms with Crippen LogP contribution in [0.2, 0.25) is 0 Å². The molecule has 0 aliphatic heterocycles. The number of aryl methyl sites for hydroxylation is 1. The van der Waals surface area contributed by atoms with Gasteiger partial charge in [0.1, 0.15) is 5.82 Å². The van der Waals surface area contributed by atoms with Gasteiger partial charge in [0.25, 0.3) is 11.6 Å². The Bertz CT molecular complexity index is 1370. The zero-order valence-electron chi connectivity index (χ0n) is 19.0. The number of nitro groups is 1. The number of nitrogens with one attached hydrogen (secondary N) is 1. The summed E-state index contributed by atoms with van der Waals surface area (Å²) < 4.78 is 15.8. The summed E-state index contributed by atoms with van der Waals surface area (Å²) in [5.74, 6) is -0.157. The number of aromatic nitrogens is 3. The number of thioether (sulfide) groups is 1. The molecule has 1 heterocycles. The summed E-state index contributed by atoms with van der Waals surface area (Å²) in [4.78, 5) is 23.3. The lowest BCUT2D eigenvalue weighted by Gasteiger charge is -2.16. The monoisotopic (exact) mass is 491 g/mol. The number of nitro benzene ring substituents is 1. The Morgan fingerprint density at radius 2 is 1.77 bits per heavy atom. The molecule has 178 valence electrons. The van der Waals surface area contributed by atoms with Crippen LogP contribution in [0.5, 0.6) is 0 Å². The third-order valence-corrected chi connectivity index (χ3v) is 6.43. The van der Waals surface area contributed by atoms with Gasteiger partial charge in [0.15, 0.2) is 11.0 Å². The zero-order valence-corrected chi connectivity index (χ0v) is 19.8. The predicted molar refractivity (Wildman–Crippen MR) is 131 cm³/mol. The van der Waals surface area contributed by atoms with Gasteiger partial charge in [-0.2, -0.15) is 0 Å². The normalized spacial score (nSPS) is 11.7. The van der Waals surface area contributed by atoms with Gasteiger partial charge in [-0.1, -0.05) is 48.2 Å². The summed E-state index contributed by atoms with van der Waals surface area (Å²) in [7, 11) is 0. The van der Waals surface area contributed by atoms with E-state index in [1.807, 2.05) is 31.2 Å². The highest BCUT2D eigenvalue weighted by atomic mass is 32.2. The van der Waals surface area contributed by atoms with E-state index < -0.39 is 22.7 Å². The lowest BCUT2D eigenvalue weighted by molar-refractivity contribution is -0.384. The molecule has 1 atom stereocenters. The molecular weight excluding hydrogens is 469 g/mol. The van der Waals surface area contributed by atoms with Crippen LogP contribution in [0.1, 0.15) is 40.3 Å². The molecule has 1 N–H and O–H groups in total. The van der Waals surface area contributed by atoms with Crippen molar-refractivity contribution in [2.24, 2.45) is 0 Å². The van der Waals surface area contributed by atoms with Crippen LogP contribution in [-0.4, -0.2) is 25.6 Å². The van der Waals surface area contributed by atoms with Crippen molar-refractivity contribution in [3.05, 3.63) is 111 Å². The van der Waals surface area contributed by atoms with E-state index in [1.54, 1.807) is 29.7 Å². The summed E-state index contributed by atoms with van der Waals surface area (Å²) in [6.45, 7) is 3.75. The molecule has 3 aromatic carbocycles. The molecular formula is C25H22FN5O3S. The summed E-state index contributed by atoms with van der Waals surface area (Å²) in [5.41, 5.74) is 2.77. The maximum absolute atomic E-state index is 14.1. The molecule has 8 nitrogen and oxygen atoms in total. The van der Waals surface area contributed by atoms with E-state index in [0.29, 0.717) is 22.4 Å². The van der Waals surface area contributed by atoms with E-state index in [1.165, 1.54) is 42.1 Å². The molecule has 0 bridgehead atoms. The lowest BCUT2D eigenvalue weighted by atomic mass is 10.1. The van der Waals surface area contributed by atoms with Crippen LogP contribution >= 0.6 is 11.8 Å². The molecule has 0 fully saturated rings. The molecule has 1 unspecified atom stereocenters. The van der Waals surface area contributed by atoms with Crippen molar-refractivity contribution < 1.29 is 14.1 Å². The Kier molecular flexibility index (Phi) is 7.21. The molecule has 10 heteroatoms. The topological polar surface area (TPSA) is 103 Å². The van der Waals surface area contributed by atoms with Crippen molar-refractivity contribution in [2.45, 2.75) is 30.8 Å². The first-order chi connectivity index (χ1) is 16.8. The van der Waals surface area contributed by atoms with Gasteiger partial charge in [0.2, 0.25) is 0 Å². The minimum Gasteiger partial charge on any atom is -0.342 e. The Hall–Kier alpha value is -4.05. The maximum atomic E-state index is 14.1. The third kappa shape index (κ3) is 5.38. The number of carbonyl (C=O) groups is 1. The van der Waals surface area contributed by atoms with Crippen LogP contribution in [0.3, 0.4) is 0 Å². The Morgan fingerprint density at radius 1 is 1.09 bits per heavy atom. The van der Waals surface area contributed by atoms with E-state index in [2.05, 4.69) is 15.5 Å². The molecule has 1 amide bonds. The van der Waals surface area contributed by atoms with Gasteiger partial charge in [-0.05, 0) is 49.2 Å². The van der Waals surface area contributed by atoms with E-state index in [-0.39, 0.29) is 11.3 Å². The van der Waals surface area contributed by atoms with Crippen LogP contribution in [-0.2, 0) is 5.75 Å². The van der Waals surface area contributed by atoms with Gasteiger partial charge in [0, 0.05) is 23.6 Å². The van der Waals surface area contributed by atoms with Crippen LogP contribution in [0.4, 0.5) is 10.1 Å². The van der Waals surface area contributed by atoms with E-state index in [0.717, 1.165) is 11.1 Å². The number of hydrogen-bond donors (Lipinski definition) is 1. The Labute approximate surface area is 205 Å². The van der Waals surface area contributed by atoms with Gasteiger partial charge in [-0.3, -0.25) is 19.5 Å². The summed E-state index contributed by atoms with van der Waals surface area (Å²) in [5, 5.41) is 23.1. The molecule has 0 aliphatic rings. The first-order valence-electron chi connectivity index (χ1n) is 10.8. The molecule has 4 rings (SSSR count). The van der Waals surface area contributed by atoms with Crippen LogP contribution in [0.25, 0.3) is 5.69 Å². The molecule has 35 heavy (non-hydrogen) atoms. The molecule has 1 aromatic heterocycles. The van der Waals surface area contributed by atoms with Crippen molar-refractivity contribution in [1.29, 1.82) is 0 Å². The van der Waals surface area contributed by atoms with Crippen molar-refractivity contribution in [1.82, 2.24) is 20.1 Å². The number of hydrogen-bond acceptors (Lipinski definition) is 6. The minimum absolute atomic E-state index is 0.0432. The van der Waals surface area contributed by atoms with Crippen molar-refractivity contribution in [3.8, 4) is 5.69 Å². The zero-order chi connectivity index (χ0) is 24.9. The summed E-state index contributed by atoms with van der Waals surface area (Å²) in [6, 6.07) is 19.1. The lowest BCUT2D eigenvalue weighted by Crippen LogP contribution is -2.29. The van der Waals surface area contributed by atoms with Gasteiger partial charge in [0.05, 0.1) is 16.5 Å². The van der Waals surface area contributed by atoms with E-state index in [9.17, 15) is 19.3 Å². The number of benzene rings is 3. The second kappa shape index (κ2) is 10.5. The standard InChI is InChI=1S/C25H22FN5O3S/c1-16-7-3-4-8-18(16)15-35-25-29-28-23(30(25)19-11-13-20(14-12-19)31(33)34)17(2)27-24(32)21-9-5-6-10-22(21)26/h3-14,17H,15H2,1-2H3,(H,27,32). The number of halogens is 1. The molecule has 0 aliphatic carbocycles. The van der Waals surface area contributed by atoms with Gasteiger partial charge >= 0.3 is 0 Å². The second-order valence-electron chi connectivity index (χ2n) is 7.84. The highest BCUT2D eigenvalue weighted by molar-refractivity contribution is 7.98. The number of rotatable bonds is 8. The highest BCUT2D eigenvalue weighted by Gasteiger charge is 2.23. The largest absolute Gasteiger partial charge is 0.342 e. The molecule has 4 aromatic rings. The molecule has 0 saturated carbocycles. The number of carbonyl (C=O) groups excluding carboxylic acids is 1. The number of amides is 1. The van der Waals surface area contributed by atoms with Crippen LogP contribution in [0, 0.1) is 22.9 Å². The fraction of sp³-hybridized carbons (Fsp3) is 0.160. The summed E-state index contributed by atoms with van der Waals surface area (Å²) >= 11 is 1.46.